The molecular weight excluding hydrogens is 368 g/mol. The van der Waals surface area contributed by atoms with Gasteiger partial charge in [-0.05, 0) is 36.0 Å². The van der Waals surface area contributed by atoms with Crippen molar-refractivity contribution in [2.24, 2.45) is 0 Å². The van der Waals surface area contributed by atoms with Crippen LogP contribution in [0.15, 0.2) is 18.2 Å². The summed E-state index contributed by atoms with van der Waals surface area (Å²) in [6.07, 6.45) is 0.643. The van der Waals surface area contributed by atoms with Crippen LogP contribution in [0.5, 0.6) is 0 Å². The highest BCUT2D eigenvalue weighted by Gasteiger charge is 2.35. The second kappa shape index (κ2) is 6.43. The van der Waals surface area contributed by atoms with Crippen molar-refractivity contribution in [3.05, 3.63) is 34.9 Å². The van der Waals surface area contributed by atoms with Crippen LogP contribution in [-0.2, 0) is 15.8 Å². The number of hydrogen-bond donors (Lipinski definition) is 0. The summed E-state index contributed by atoms with van der Waals surface area (Å²) < 4.78 is 44.4. The van der Waals surface area contributed by atoms with Crippen LogP contribution in [-0.4, -0.2) is 0 Å². The zero-order chi connectivity index (χ0) is 13.9. The van der Waals surface area contributed by atoms with Crippen molar-refractivity contribution in [1.82, 2.24) is 0 Å². The Kier molecular flexibility index (Phi) is 5.11. The molecule has 1 nitrogen and oxygen atoms in total. The van der Waals surface area contributed by atoms with Gasteiger partial charge in [0.15, 0.2) is 0 Å². The van der Waals surface area contributed by atoms with Crippen LogP contribution in [0.3, 0.4) is 0 Å². The SMILES string of the molecule is FC(F)(F)c1cc(COI)ccc1C1CCCCC1. The third-order valence-electron chi connectivity index (χ3n) is 3.69. The maximum absolute atomic E-state index is 13.2. The van der Waals surface area contributed by atoms with Crippen LogP contribution in [0.25, 0.3) is 0 Å². The van der Waals surface area contributed by atoms with Crippen molar-refractivity contribution in [3.8, 4) is 0 Å². The molecule has 106 valence electrons. The van der Waals surface area contributed by atoms with E-state index in [0.717, 1.165) is 32.1 Å². The second-order valence-electron chi connectivity index (χ2n) is 5.01. The van der Waals surface area contributed by atoms with Gasteiger partial charge in [-0.1, -0.05) is 31.4 Å². The van der Waals surface area contributed by atoms with Crippen molar-refractivity contribution in [1.29, 1.82) is 0 Å². The lowest BCUT2D eigenvalue weighted by Crippen LogP contribution is -2.14. The highest BCUT2D eigenvalue weighted by Crippen LogP contribution is 2.41. The first-order chi connectivity index (χ1) is 9.02. The Bertz CT molecular complexity index is 425. The third-order valence-corrected chi connectivity index (χ3v) is 4.00. The number of alkyl halides is 3. The van der Waals surface area contributed by atoms with E-state index >= 15 is 0 Å². The number of benzene rings is 1. The van der Waals surface area contributed by atoms with Crippen molar-refractivity contribution < 1.29 is 16.2 Å². The van der Waals surface area contributed by atoms with E-state index in [1.807, 2.05) is 0 Å². The molecule has 0 aliphatic heterocycles. The van der Waals surface area contributed by atoms with E-state index in [1.54, 1.807) is 35.1 Å². The molecule has 19 heavy (non-hydrogen) atoms. The minimum Gasteiger partial charge on any atom is -0.311 e. The predicted octanol–water partition coefficient (Wildman–Crippen LogP) is 5.62. The lowest BCUT2D eigenvalue weighted by Gasteiger charge is -2.25. The van der Waals surface area contributed by atoms with E-state index in [2.05, 4.69) is 0 Å². The predicted molar refractivity (Wildman–Crippen MR) is 76.1 cm³/mol. The van der Waals surface area contributed by atoms with Crippen LogP contribution in [0.1, 0.15) is 54.7 Å². The molecule has 0 amide bonds. The van der Waals surface area contributed by atoms with E-state index in [1.165, 1.54) is 6.07 Å². The summed E-state index contributed by atoms with van der Waals surface area (Å²) in [6, 6.07) is 4.63. The van der Waals surface area contributed by atoms with Crippen LogP contribution < -0.4 is 0 Å². The van der Waals surface area contributed by atoms with Crippen molar-refractivity contribution in [2.75, 3.05) is 0 Å². The van der Waals surface area contributed by atoms with Gasteiger partial charge in [0.25, 0.3) is 0 Å². The summed E-state index contributed by atoms with van der Waals surface area (Å²) in [6.45, 7) is 0.203. The molecule has 0 N–H and O–H groups in total. The van der Waals surface area contributed by atoms with Gasteiger partial charge in [-0.3, -0.25) is 0 Å². The van der Waals surface area contributed by atoms with E-state index in [4.69, 9.17) is 3.07 Å². The zero-order valence-corrected chi connectivity index (χ0v) is 12.6. The molecule has 2 rings (SSSR count). The Morgan fingerprint density at radius 2 is 1.84 bits per heavy atom. The maximum Gasteiger partial charge on any atom is 0.416 e. The molecule has 0 spiro atoms. The van der Waals surface area contributed by atoms with Crippen molar-refractivity contribution in [2.45, 2.75) is 50.8 Å². The first-order valence-electron chi connectivity index (χ1n) is 6.46. The first kappa shape index (κ1) is 15.1. The van der Waals surface area contributed by atoms with Crippen LogP contribution >= 0.6 is 23.0 Å². The van der Waals surface area contributed by atoms with Crippen LogP contribution in [0.4, 0.5) is 13.2 Å². The van der Waals surface area contributed by atoms with Gasteiger partial charge in [0.1, 0.15) is 23.0 Å². The molecule has 1 aliphatic carbocycles. The molecule has 1 aliphatic rings. The Morgan fingerprint density at radius 1 is 1.16 bits per heavy atom. The molecule has 1 aromatic carbocycles. The Hall–Kier alpha value is -0.300. The van der Waals surface area contributed by atoms with Gasteiger partial charge in [0.05, 0.1) is 12.2 Å². The minimum absolute atomic E-state index is 0.0555. The molecule has 1 aromatic rings. The molecule has 0 bridgehead atoms. The smallest absolute Gasteiger partial charge is 0.311 e. The molecule has 5 heteroatoms. The third kappa shape index (κ3) is 3.84. The van der Waals surface area contributed by atoms with Crippen LogP contribution in [0, 0.1) is 0 Å². The Morgan fingerprint density at radius 3 is 2.42 bits per heavy atom. The molecular formula is C14H16F3IO. The fourth-order valence-corrected chi connectivity index (χ4v) is 3.13. The number of hydrogen-bond acceptors (Lipinski definition) is 1. The maximum atomic E-state index is 13.2. The summed E-state index contributed by atoms with van der Waals surface area (Å²) in [7, 11) is 0. The summed E-state index contributed by atoms with van der Waals surface area (Å²) in [5.74, 6) is 0.0555. The van der Waals surface area contributed by atoms with Gasteiger partial charge in [0, 0.05) is 0 Å². The average molecular weight is 384 g/mol. The van der Waals surface area contributed by atoms with E-state index < -0.39 is 11.7 Å². The average Bonchev–Trinajstić information content (AvgIpc) is 2.39. The van der Waals surface area contributed by atoms with E-state index in [-0.39, 0.29) is 12.5 Å². The fraction of sp³-hybridized carbons (Fsp3) is 0.571. The van der Waals surface area contributed by atoms with Crippen LogP contribution in [0.2, 0.25) is 0 Å². The highest BCUT2D eigenvalue weighted by molar-refractivity contribution is 14.1. The molecule has 0 radical (unpaired) electrons. The zero-order valence-electron chi connectivity index (χ0n) is 10.5. The normalized spacial score (nSPS) is 17.7. The quantitative estimate of drug-likeness (QED) is 0.615. The standard InChI is InChI=1S/C14H16F3IO/c15-14(16,17)13-8-10(9-19-18)6-7-12(13)11-4-2-1-3-5-11/h6-8,11H,1-5,9H2. The summed E-state index contributed by atoms with van der Waals surface area (Å²) in [5.41, 5.74) is 0.552. The highest BCUT2D eigenvalue weighted by atomic mass is 127. The van der Waals surface area contributed by atoms with Gasteiger partial charge in [0.2, 0.25) is 0 Å². The number of rotatable bonds is 3. The van der Waals surface area contributed by atoms with Gasteiger partial charge < -0.3 is 3.07 Å². The lowest BCUT2D eigenvalue weighted by molar-refractivity contribution is -0.138. The lowest BCUT2D eigenvalue weighted by atomic mass is 9.81. The fourth-order valence-electron chi connectivity index (χ4n) is 2.77. The molecule has 0 atom stereocenters. The summed E-state index contributed by atoms with van der Waals surface area (Å²) in [4.78, 5) is 0. The topological polar surface area (TPSA) is 9.23 Å². The largest absolute Gasteiger partial charge is 0.416 e. The van der Waals surface area contributed by atoms with Crippen molar-refractivity contribution >= 4 is 23.0 Å². The second-order valence-corrected chi connectivity index (χ2v) is 5.63. The molecule has 1 saturated carbocycles. The first-order valence-corrected chi connectivity index (χ1v) is 7.34. The Labute approximate surface area is 125 Å². The molecule has 0 heterocycles. The van der Waals surface area contributed by atoms with E-state index in [9.17, 15) is 13.2 Å². The molecule has 0 saturated heterocycles. The summed E-state index contributed by atoms with van der Waals surface area (Å²) >= 11 is 1.69. The van der Waals surface area contributed by atoms with E-state index in [0.29, 0.717) is 11.1 Å². The summed E-state index contributed by atoms with van der Waals surface area (Å²) in [5, 5.41) is 0. The van der Waals surface area contributed by atoms with Gasteiger partial charge in [-0.2, -0.15) is 13.2 Å². The Balaban J connectivity index is 2.35. The van der Waals surface area contributed by atoms with Gasteiger partial charge in [-0.15, -0.1) is 0 Å². The van der Waals surface area contributed by atoms with Gasteiger partial charge >= 0.3 is 6.18 Å². The molecule has 0 unspecified atom stereocenters. The number of halogens is 4. The monoisotopic (exact) mass is 384 g/mol. The van der Waals surface area contributed by atoms with Gasteiger partial charge in [-0.25, -0.2) is 0 Å². The minimum atomic E-state index is -4.28. The van der Waals surface area contributed by atoms with Crippen molar-refractivity contribution in [3.63, 3.8) is 0 Å². The molecule has 0 aromatic heterocycles. The molecule has 1 fully saturated rings.